The van der Waals surface area contributed by atoms with Crippen LogP contribution in [0.15, 0.2) is 35.7 Å². The zero-order chi connectivity index (χ0) is 17.1. The van der Waals surface area contributed by atoms with E-state index < -0.39 is 0 Å². The summed E-state index contributed by atoms with van der Waals surface area (Å²) in [7, 11) is 0. The highest BCUT2D eigenvalue weighted by Gasteiger charge is 2.23. The van der Waals surface area contributed by atoms with E-state index in [0.717, 1.165) is 16.0 Å². The lowest BCUT2D eigenvalue weighted by Crippen LogP contribution is -2.34. The molecule has 2 aromatic rings. The number of hydrogen-bond acceptors (Lipinski definition) is 4. The highest BCUT2D eigenvalue weighted by molar-refractivity contribution is 7.10. The van der Waals surface area contributed by atoms with Crippen LogP contribution in [0.4, 0.5) is 0 Å². The number of rotatable bonds is 6. The van der Waals surface area contributed by atoms with Crippen molar-refractivity contribution >= 4 is 23.0 Å². The van der Waals surface area contributed by atoms with Crippen LogP contribution in [-0.4, -0.2) is 18.3 Å². The maximum atomic E-state index is 12.3. The van der Waals surface area contributed by atoms with Gasteiger partial charge in [-0.3, -0.25) is 9.59 Å². The summed E-state index contributed by atoms with van der Waals surface area (Å²) in [4.78, 5) is 25.2. The highest BCUT2D eigenvalue weighted by atomic mass is 32.1. The minimum Gasteiger partial charge on any atom is -0.483 e. The molecule has 1 atom stereocenters. The van der Waals surface area contributed by atoms with Crippen LogP contribution in [0.2, 0.25) is 0 Å². The molecule has 0 saturated heterocycles. The van der Waals surface area contributed by atoms with Crippen LogP contribution in [0.25, 0.3) is 0 Å². The first-order valence-electron chi connectivity index (χ1n) is 8.17. The molecule has 0 aliphatic heterocycles. The summed E-state index contributed by atoms with van der Waals surface area (Å²) in [5, 5.41) is 5.06. The molecule has 1 aliphatic carbocycles. The molecule has 1 aliphatic rings. The van der Waals surface area contributed by atoms with Gasteiger partial charge in [-0.2, -0.15) is 0 Å². The van der Waals surface area contributed by atoms with Crippen LogP contribution >= 0.6 is 11.3 Å². The van der Waals surface area contributed by atoms with E-state index in [-0.39, 0.29) is 24.3 Å². The number of carbonyl (C=O) groups excluding carboxylic acids is 2. The average molecular weight is 343 g/mol. The summed E-state index contributed by atoms with van der Waals surface area (Å²) in [5.41, 5.74) is 1.65. The Labute approximate surface area is 145 Å². The van der Waals surface area contributed by atoms with Gasteiger partial charge < -0.3 is 10.1 Å². The fourth-order valence-electron chi connectivity index (χ4n) is 2.99. The third-order valence-corrected chi connectivity index (χ3v) is 5.18. The van der Waals surface area contributed by atoms with Crippen molar-refractivity contribution in [3.05, 3.63) is 51.7 Å². The van der Waals surface area contributed by atoms with Gasteiger partial charge in [0.15, 0.2) is 12.4 Å². The molecule has 1 aromatic heterocycles. The number of ketones is 1. The molecule has 1 aromatic carbocycles. The predicted molar refractivity (Wildman–Crippen MR) is 94.6 cm³/mol. The van der Waals surface area contributed by atoms with Gasteiger partial charge in [0.2, 0.25) is 0 Å². The van der Waals surface area contributed by atoms with Crippen molar-refractivity contribution in [3.8, 4) is 5.75 Å². The predicted octanol–water partition coefficient (Wildman–Crippen LogP) is 3.77. The standard InChI is InChI=1S/C19H21NO3S/c1-12(2)19(17-7-4-10-24-17)20-18(22)11-23-16-6-3-5-13-14(16)8-9-15(13)21/h3-7,10,12,19H,8-9,11H2,1-2H3,(H,20,22). The third kappa shape index (κ3) is 3.51. The maximum Gasteiger partial charge on any atom is 0.258 e. The van der Waals surface area contributed by atoms with Crippen LogP contribution in [-0.2, 0) is 11.2 Å². The van der Waals surface area contributed by atoms with Crippen LogP contribution in [0.1, 0.15) is 47.1 Å². The SMILES string of the molecule is CC(C)C(NC(=O)COc1cccc2c1CCC2=O)c1cccs1. The fraction of sp³-hybridized carbons (Fsp3) is 0.368. The molecule has 3 rings (SSSR count). The van der Waals surface area contributed by atoms with E-state index >= 15 is 0 Å². The molecule has 0 radical (unpaired) electrons. The Bertz CT molecular complexity index is 737. The number of thiophene rings is 1. The van der Waals surface area contributed by atoms with Crippen molar-refractivity contribution in [1.82, 2.24) is 5.32 Å². The van der Waals surface area contributed by atoms with E-state index in [9.17, 15) is 9.59 Å². The molecular weight excluding hydrogens is 322 g/mol. The lowest BCUT2D eigenvalue weighted by Gasteiger charge is -2.21. The molecule has 1 N–H and O–H groups in total. The molecule has 1 unspecified atom stereocenters. The molecule has 0 saturated carbocycles. The van der Waals surface area contributed by atoms with E-state index in [2.05, 4.69) is 19.2 Å². The maximum absolute atomic E-state index is 12.3. The second-order valence-electron chi connectivity index (χ2n) is 6.30. The minimum atomic E-state index is -0.149. The Morgan fingerprint density at radius 1 is 1.25 bits per heavy atom. The number of benzene rings is 1. The quantitative estimate of drug-likeness (QED) is 0.869. The van der Waals surface area contributed by atoms with Gasteiger partial charge in [0, 0.05) is 22.4 Å². The zero-order valence-electron chi connectivity index (χ0n) is 13.9. The molecular formula is C19H21NO3S. The molecule has 1 heterocycles. The largest absolute Gasteiger partial charge is 0.483 e. The first kappa shape index (κ1) is 16.7. The topological polar surface area (TPSA) is 55.4 Å². The Morgan fingerprint density at radius 3 is 2.79 bits per heavy atom. The Morgan fingerprint density at radius 2 is 2.08 bits per heavy atom. The average Bonchev–Trinajstić information content (AvgIpc) is 3.21. The first-order chi connectivity index (χ1) is 11.6. The lowest BCUT2D eigenvalue weighted by molar-refractivity contribution is -0.124. The lowest BCUT2D eigenvalue weighted by atomic mass is 10.0. The normalized spacial score (nSPS) is 14.5. The Balaban J connectivity index is 1.63. The molecule has 0 fully saturated rings. The minimum absolute atomic E-state index is 0.0100. The van der Waals surface area contributed by atoms with Gasteiger partial charge in [-0.25, -0.2) is 0 Å². The number of nitrogens with one attached hydrogen (secondary N) is 1. The summed E-state index contributed by atoms with van der Waals surface area (Å²) >= 11 is 1.64. The van der Waals surface area contributed by atoms with Crippen LogP contribution in [0.5, 0.6) is 5.75 Å². The smallest absolute Gasteiger partial charge is 0.258 e. The summed E-state index contributed by atoms with van der Waals surface area (Å²) in [6.45, 7) is 4.13. The monoisotopic (exact) mass is 343 g/mol. The summed E-state index contributed by atoms with van der Waals surface area (Å²) in [5.74, 6) is 0.943. The van der Waals surface area contributed by atoms with Gasteiger partial charge in [0.1, 0.15) is 5.75 Å². The van der Waals surface area contributed by atoms with Crippen molar-refractivity contribution in [2.24, 2.45) is 5.92 Å². The van der Waals surface area contributed by atoms with Gasteiger partial charge >= 0.3 is 0 Å². The zero-order valence-corrected chi connectivity index (χ0v) is 14.7. The van der Waals surface area contributed by atoms with E-state index in [1.165, 1.54) is 0 Å². The van der Waals surface area contributed by atoms with Crippen molar-refractivity contribution in [3.63, 3.8) is 0 Å². The summed E-state index contributed by atoms with van der Waals surface area (Å²) in [6.07, 6.45) is 1.21. The van der Waals surface area contributed by atoms with Crippen molar-refractivity contribution in [2.45, 2.75) is 32.7 Å². The van der Waals surface area contributed by atoms with Crippen LogP contribution in [0, 0.1) is 5.92 Å². The van der Waals surface area contributed by atoms with Crippen molar-refractivity contribution in [1.29, 1.82) is 0 Å². The van der Waals surface area contributed by atoms with Gasteiger partial charge in [-0.1, -0.05) is 32.0 Å². The molecule has 126 valence electrons. The van der Waals surface area contributed by atoms with E-state index in [1.807, 2.05) is 29.6 Å². The Kier molecular flexibility index (Phi) is 5.00. The van der Waals surface area contributed by atoms with Crippen LogP contribution in [0.3, 0.4) is 0 Å². The number of fused-ring (bicyclic) bond motifs is 1. The molecule has 1 amide bonds. The van der Waals surface area contributed by atoms with Gasteiger partial charge in [-0.05, 0) is 29.9 Å². The van der Waals surface area contributed by atoms with Gasteiger partial charge in [0.25, 0.3) is 5.91 Å². The third-order valence-electron chi connectivity index (χ3n) is 4.23. The highest BCUT2D eigenvalue weighted by Crippen LogP contribution is 2.30. The molecule has 0 bridgehead atoms. The van der Waals surface area contributed by atoms with Crippen molar-refractivity contribution in [2.75, 3.05) is 6.61 Å². The number of Topliss-reactive ketones (excluding diaryl/α,β-unsaturated/α-hetero) is 1. The number of ether oxygens (including phenoxy) is 1. The second kappa shape index (κ2) is 7.18. The molecule has 24 heavy (non-hydrogen) atoms. The Hall–Kier alpha value is -2.14. The number of carbonyl (C=O) groups is 2. The van der Waals surface area contributed by atoms with E-state index in [0.29, 0.717) is 24.5 Å². The molecule has 0 spiro atoms. The van der Waals surface area contributed by atoms with Crippen molar-refractivity contribution < 1.29 is 14.3 Å². The fourth-order valence-corrected chi connectivity index (χ4v) is 3.94. The number of hydrogen-bond donors (Lipinski definition) is 1. The van der Waals surface area contributed by atoms with Gasteiger partial charge in [-0.15, -0.1) is 11.3 Å². The summed E-state index contributed by atoms with van der Waals surface area (Å²) in [6, 6.07) is 9.46. The van der Waals surface area contributed by atoms with E-state index in [1.54, 1.807) is 17.4 Å². The first-order valence-corrected chi connectivity index (χ1v) is 9.05. The second-order valence-corrected chi connectivity index (χ2v) is 7.28. The van der Waals surface area contributed by atoms with E-state index in [4.69, 9.17) is 4.74 Å². The number of amides is 1. The van der Waals surface area contributed by atoms with Crippen LogP contribution < -0.4 is 10.1 Å². The molecule has 4 nitrogen and oxygen atoms in total. The van der Waals surface area contributed by atoms with Gasteiger partial charge in [0.05, 0.1) is 6.04 Å². The summed E-state index contributed by atoms with van der Waals surface area (Å²) < 4.78 is 5.70. The molecule has 5 heteroatoms.